The van der Waals surface area contributed by atoms with Gasteiger partial charge in [0.25, 0.3) is 0 Å². The second-order valence-electron chi connectivity index (χ2n) is 5.38. The fourth-order valence-corrected chi connectivity index (χ4v) is 3.76. The summed E-state index contributed by atoms with van der Waals surface area (Å²) in [4.78, 5) is 12.1. The summed E-state index contributed by atoms with van der Waals surface area (Å²) in [6.45, 7) is 0. The number of hydrogen-bond acceptors (Lipinski definition) is 5. The topological polar surface area (TPSA) is 86.5 Å². The van der Waals surface area contributed by atoms with Gasteiger partial charge in [0.1, 0.15) is 15.9 Å². The third-order valence-electron chi connectivity index (χ3n) is 3.69. The second-order valence-corrected chi connectivity index (χ2v) is 8.11. The molecular formula is C14H18ClNO4S. The zero-order valence-corrected chi connectivity index (χ0v) is 13.3. The van der Waals surface area contributed by atoms with Gasteiger partial charge in [-0.05, 0) is 37.5 Å². The van der Waals surface area contributed by atoms with Crippen molar-refractivity contribution in [1.82, 2.24) is 0 Å². The lowest BCUT2D eigenvalue weighted by Gasteiger charge is -2.27. The maximum Gasteiger partial charge on any atom is 0.338 e. The molecule has 1 aromatic carbocycles. The van der Waals surface area contributed by atoms with Crippen LogP contribution in [0.15, 0.2) is 18.2 Å². The van der Waals surface area contributed by atoms with Crippen LogP contribution in [-0.2, 0) is 14.6 Å². The highest BCUT2D eigenvalue weighted by molar-refractivity contribution is 7.91. The van der Waals surface area contributed by atoms with Crippen LogP contribution in [0.3, 0.4) is 0 Å². The van der Waals surface area contributed by atoms with Crippen LogP contribution in [0.25, 0.3) is 0 Å². The van der Waals surface area contributed by atoms with Gasteiger partial charge in [-0.3, -0.25) is 0 Å². The van der Waals surface area contributed by atoms with Gasteiger partial charge in [0.2, 0.25) is 0 Å². The number of anilines is 1. The monoisotopic (exact) mass is 331 g/mol. The van der Waals surface area contributed by atoms with Crippen molar-refractivity contribution in [1.29, 1.82) is 0 Å². The van der Waals surface area contributed by atoms with Crippen LogP contribution < -0.4 is 5.73 Å². The molecule has 2 rings (SSSR count). The Morgan fingerprint density at radius 2 is 2.10 bits per heavy atom. The Morgan fingerprint density at radius 1 is 1.38 bits per heavy atom. The highest BCUT2D eigenvalue weighted by Crippen LogP contribution is 2.27. The summed E-state index contributed by atoms with van der Waals surface area (Å²) < 4.78 is 28.6. The molecule has 7 heteroatoms. The predicted octanol–water partition coefficient (Wildman–Crippen LogP) is 2.43. The molecule has 0 spiro atoms. The van der Waals surface area contributed by atoms with Crippen molar-refractivity contribution >= 4 is 33.1 Å². The molecular weight excluding hydrogens is 314 g/mol. The van der Waals surface area contributed by atoms with E-state index >= 15 is 0 Å². The molecule has 0 aromatic heterocycles. The van der Waals surface area contributed by atoms with Gasteiger partial charge in [-0.15, -0.1) is 0 Å². The number of ether oxygens (including phenoxy) is 1. The highest BCUT2D eigenvalue weighted by atomic mass is 35.5. The van der Waals surface area contributed by atoms with Crippen molar-refractivity contribution in [3.8, 4) is 0 Å². The first kappa shape index (κ1) is 16.1. The molecule has 116 valence electrons. The molecule has 2 N–H and O–H groups in total. The number of benzene rings is 1. The van der Waals surface area contributed by atoms with Gasteiger partial charge in [0, 0.05) is 12.7 Å². The number of esters is 1. The van der Waals surface area contributed by atoms with E-state index in [9.17, 15) is 13.2 Å². The van der Waals surface area contributed by atoms with Crippen LogP contribution in [0.1, 0.15) is 36.0 Å². The number of hydrogen-bond donors (Lipinski definition) is 1. The zero-order chi connectivity index (χ0) is 15.6. The van der Waals surface area contributed by atoms with E-state index in [1.54, 1.807) is 0 Å². The molecule has 0 aliphatic heterocycles. The second kappa shape index (κ2) is 6.23. The summed E-state index contributed by atoms with van der Waals surface area (Å²) in [7, 11) is -3.10. The maximum absolute atomic E-state index is 12.1. The van der Waals surface area contributed by atoms with Crippen molar-refractivity contribution in [2.24, 2.45) is 0 Å². The smallest absolute Gasteiger partial charge is 0.338 e. The molecule has 1 aromatic rings. The van der Waals surface area contributed by atoms with E-state index in [4.69, 9.17) is 22.1 Å². The molecule has 1 saturated carbocycles. The van der Waals surface area contributed by atoms with Crippen LogP contribution in [-0.4, -0.2) is 32.0 Å². The normalized spacial score (nSPS) is 22.8. The molecule has 0 bridgehead atoms. The molecule has 0 amide bonds. The first-order valence-electron chi connectivity index (χ1n) is 6.72. The summed E-state index contributed by atoms with van der Waals surface area (Å²) in [5.41, 5.74) is 6.28. The van der Waals surface area contributed by atoms with Crippen molar-refractivity contribution in [3.63, 3.8) is 0 Å². The minimum Gasteiger partial charge on any atom is -0.459 e. The van der Waals surface area contributed by atoms with E-state index in [0.29, 0.717) is 35.5 Å². The van der Waals surface area contributed by atoms with Gasteiger partial charge in [0.05, 0.1) is 21.5 Å². The van der Waals surface area contributed by atoms with Gasteiger partial charge >= 0.3 is 5.97 Å². The Hall–Kier alpha value is -1.27. The summed E-state index contributed by atoms with van der Waals surface area (Å²) in [6, 6.07) is 4.53. The van der Waals surface area contributed by atoms with E-state index in [0.717, 1.165) is 6.42 Å². The van der Waals surface area contributed by atoms with Crippen LogP contribution in [0.2, 0.25) is 5.02 Å². The quantitative estimate of drug-likeness (QED) is 0.679. The highest BCUT2D eigenvalue weighted by Gasteiger charge is 2.31. The number of sulfone groups is 1. The molecule has 2 unspecified atom stereocenters. The Kier molecular flexibility index (Phi) is 4.78. The van der Waals surface area contributed by atoms with Gasteiger partial charge in [-0.1, -0.05) is 11.6 Å². The summed E-state index contributed by atoms with van der Waals surface area (Å²) >= 11 is 5.80. The standard InChI is InChI=1S/C14H18ClNO4S/c1-21(18,19)11-4-2-3-10(8-11)20-14(17)9-5-6-12(15)13(16)7-9/h5-7,10-11H,2-4,8,16H2,1H3. The predicted molar refractivity (Wildman–Crippen MR) is 82.2 cm³/mol. The minimum atomic E-state index is -3.10. The van der Waals surface area contributed by atoms with Crippen LogP contribution in [0.5, 0.6) is 0 Å². The Bertz CT molecular complexity index is 644. The molecule has 1 fully saturated rings. The number of carbonyl (C=O) groups is 1. The number of nitrogen functional groups attached to an aromatic ring is 1. The minimum absolute atomic E-state index is 0.309. The average Bonchev–Trinajstić information content (AvgIpc) is 2.41. The fraction of sp³-hybridized carbons (Fsp3) is 0.500. The molecule has 5 nitrogen and oxygen atoms in total. The Morgan fingerprint density at radius 3 is 2.71 bits per heavy atom. The first-order valence-corrected chi connectivity index (χ1v) is 9.05. The molecule has 21 heavy (non-hydrogen) atoms. The zero-order valence-electron chi connectivity index (χ0n) is 11.7. The molecule has 2 atom stereocenters. The fourth-order valence-electron chi connectivity index (χ4n) is 2.49. The van der Waals surface area contributed by atoms with E-state index < -0.39 is 21.1 Å². The molecule has 0 radical (unpaired) electrons. The molecule has 1 aliphatic carbocycles. The van der Waals surface area contributed by atoms with Gasteiger partial charge in [0.15, 0.2) is 0 Å². The van der Waals surface area contributed by atoms with Gasteiger partial charge < -0.3 is 10.5 Å². The van der Waals surface area contributed by atoms with Crippen molar-refractivity contribution in [2.45, 2.75) is 37.0 Å². The molecule has 0 saturated heterocycles. The molecule has 1 aliphatic rings. The SMILES string of the molecule is CS(=O)(=O)C1CCCC(OC(=O)c2ccc(Cl)c(N)c2)C1. The summed E-state index contributed by atoms with van der Waals surface area (Å²) in [5, 5.41) is -0.0549. The maximum atomic E-state index is 12.1. The number of halogens is 1. The number of nitrogens with two attached hydrogens (primary N) is 1. The largest absolute Gasteiger partial charge is 0.459 e. The lowest BCUT2D eigenvalue weighted by Crippen LogP contribution is -2.32. The lowest BCUT2D eigenvalue weighted by molar-refractivity contribution is 0.0215. The van der Waals surface area contributed by atoms with Crippen molar-refractivity contribution < 1.29 is 17.9 Å². The molecule has 0 heterocycles. The summed E-state index contributed by atoms with van der Waals surface area (Å²) in [6.07, 6.45) is 3.25. The van der Waals surface area contributed by atoms with E-state index in [2.05, 4.69) is 0 Å². The Balaban J connectivity index is 2.03. The average molecular weight is 332 g/mol. The van der Waals surface area contributed by atoms with Crippen molar-refractivity contribution in [3.05, 3.63) is 28.8 Å². The third kappa shape index (κ3) is 4.11. The van der Waals surface area contributed by atoms with Crippen LogP contribution in [0.4, 0.5) is 5.69 Å². The first-order chi connectivity index (χ1) is 9.77. The van der Waals surface area contributed by atoms with Gasteiger partial charge in [-0.25, -0.2) is 13.2 Å². The Labute approximate surface area is 129 Å². The van der Waals surface area contributed by atoms with Gasteiger partial charge in [-0.2, -0.15) is 0 Å². The number of rotatable bonds is 3. The van der Waals surface area contributed by atoms with Crippen LogP contribution >= 0.6 is 11.6 Å². The van der Waals surface area contributed by atoms with Crippen molar-refractivity contribution in [2.75, 3.05) is 12.0 Å². The lowest BCUT2D eigenvalue weighted by atomic mass is 9.97. The summed E-state index contributed by atoms with van der Waals surface area (Å²) in [5.74, 6) is -0.502. The van der Waals surface area contributed by atoms with E-state index in [-0.39, 0.29) is 6.10 Å². The van der Waals surface area contributed by atoms with E-state index in [1.807, 2.05) is 0 Å². The number of carbonyl (C=O) groups excluding carboxylic acids is 1. The third-order valence-corrected chi connectivity index (χ3v) is 5.67. The van der Waals surface area contributed by atoms with Crippen LogP contribution in [0, 0.1) is 0 Å². The van der Waals surface area contributed by atoms with E-state index in [1.165, 1.54) is 24.5 Å².